The van der Waals surface area contributed by atoms with Crippen LogP contribution in [0.1, 0.15) is 47.8 Å². The number of β-amino-alcohol motifs (C(OH)–C–C–N with tert-alkyl or cyclic N) is 1. The van der Waals surface area contributed by atoms with Gasteiger partial charge in [-0.2, -0.15) is 0 Å². The predicted molar refractivity (Wildman–Crippen MR) is 173 cm³/mol. The molecule has 0 radical (unpaired) electrons. The summed E-state index contributed by atoms with van der Waals surface area (Å²) in [6.45, 7) is 5.57. The number of piperidine rings is 2. The summed E-state index contributed by atoms with van der Waals surface area (Å²) in [5.74, 6) is 1.02. The van der Waals surface area contributed by atoms with Gasteiger partial charge in [-0.3, -0.25) is 14.5 Å². The molecule has 2 aromatic carbocycles. The monoisotopic (exact) mass is 610 g/mol. The molecule has 10 heteroatoms. The molecule has 4 aromatic rings. The summed E-state index contributed by atoms with van der Waals surface area (Å²) in [4.78, 5) is 41.5. The molecule has 9 nitrogen and oxygen atoms in total. The van der Waals surface area contributed by atoms with E-state index in [1.54, 1.807) is 29.2 Å². The summed E-state index contributed by atoms with van der Waals surface area (Å²) < 4.78 is 1.14. The molecule has 2 saturated heterocycles. The van der Waals surface area contributed by atoms with Gasteiger partial charge in [0.25, 0.3) is 5.91 Å². The molecule has 5 heterocycles. The number of aromatic nitrogens is 2. The number of hydrogen-bond donors (Lipinski definition) is 2. The average Bonchev–Trinajstić information content (AvgIpc) is 3.54. The van der Waals surface area contributed by atoms with E-state index in [9.17, 15) is 14.7 Å². The molecule has 7 rings (SSSR count). The number of nitrogens with one attached hydrogen (secondary N) is 1. The van der Waals surface area contributed by atoms with Crippen molar-refractivity contribution in [2.24, 2.45) is 0 Å². The third kappa shape index (κ3) is 5.81. The van der Waals surface area contributed by atoms with Crippen LogP contribution in [-0.2, 0) is 17.8 Å². The van der Waals surface area contributed by atoms with Crippen LogP contribution in [-0.4, -0.2) is 92.5 Å². The summed E-state index contributed by atoms with van der Waals surface area (Å²) >= 11 is 1.66. The maximum atomic E-state index is 14.0. The summed E-state index contributed by atoms with van der Waals surface area (Å²) in [5.41, 5.74) is 3.92. The van der Waals surface area contributed by atoms with Crippen LogP contribution in [0.4, 0.5) is 5.82 Å². The second-order valence-corrected chi connectivity index (χ2v) is 13.1. The molecule has 2 amide bonds. The van der Waals surface area contributed by atoms with Crippen LogP contribution in [0, 0.1) is 0 Å². The summed E-state index contributed by atoms with van der Waals surface area (Å²) in [7, 11) is 0. The van der Waals surface area contributed by atoms with Gasteiger partial charge < -0.3 is 20.2 Å². The Labute approximate surface area is 261 Å². The fourth-order valence-corrected chi connectivity index (χ4v) is 7.79. The molecule has 2 atom stereocenters. The van der Waals surface area contributed by atoms with E-state index in [4.69, 9.17) is 9.97 Å². The van der Waals surface area contributed by atoms with Crippen molar-refractivity contribution in [2.75, 3.05) is 38.0 Å². The van der Waals surface area contributed by atoms with Gasteiger partial charge >= 0.3 is 0 Å². The standard InChI is InChI=1S/C34H38N6O3S/c1-22(41)38-15-10-25(11-16-38)35-32-19-28(36-33(37-32)27-7-4-8-31-26(27)13-18-44-31)34(43)40-17-12-29(30(42)21-40)39-14-9-23-5-2-3-6-24(23)20-39/h2-8,13,18-19,25,29-30,42H,9-12,14-17,20-21H2,1H3,(H,35,36,37)/t29-,30-/m1/s1. The molecule has 3 aliphatic heterocycles. The first-order valence-corrected chi connectivity index (χ1v) is 16.5. The van der Waals surface area contributed by atoms with Crippen LogP contribution in [0.25, 0.3) is 21.5 Å². The van der Waals surface area contributed by atoms with E-state index >= 15 is 0 Å². The van der Waals surface area contributed by atoms with Gasteiger partial charge in [-0.15, -0.1) is 11.3 Å². The van der Waals surface area contributed by atoms with Gasteiger partial charge in [-0.05, 0) is 54.3 Å². The predicted octanol–water partition coefficient (Wildman–Crippen LogP) is 4.41. The number of hydrogen-bond acceptors (Lipinski definition) is 8. The van der Waals surface area contributed by atoms with Crippen LogP contribution >= 0.6 is 11.3 Å². The number of carbonyl (C=O) groups is 2. The Balaban J connectivity index is 1.12. The van der Waals surface area contributed by atoms with Crippen molar-refractivity contribution >= 4 is 39.1 Å². The van der Waals surface area contributed by atoms with E-state index in [0.717, 1.165) is 48.0 Å². The highest BCUT2D eigenvalue weighted by atomic mass is 32.1. The second-order valence-electron chi connectivity index (χ2n) is 12.2. The number of likely N-dealkylation sites (tertiary alicyclic amines) is 2. The zero-order chi connectivity index (χ0) is 30.2. The fraction of sp³-hybridized carbons (Fsp3) is 0.412. The molecule has 3 aliphatic rings. The molecule has 2 aromatic heterocycles. The normalized spacial score (nSPS) is 21.3. The third-order valence-electron chi connectivity index (χ3n) is 9.44. The number of nitrogens with zero attached hydrogens (tertiary/aromatic N) is 5. The van der Waals surface area contributed by atoms with Gasteiger partial charge in [0.05, 0.1) is 6.10 Å². The Morgan fingerprint density at radius 1 is 0.932 bits per heavy atom. The van der Waals surface area contributed by atoms with Crippen molar-refractivity contribution in [3.63, 3.8) is 0 Å². The van der Waals surface area contributed by atoms with Gasteiger partial charge in [-0.1, -0.05) is 36.4 Å². The molecular weight excluding hydrogens is 572 g/mol. The summed E-state index contributed by atoms with van der Waals surface area (Å²) in [6, 6.07) is 18.6. The Hall–Kier alpha value is -3.86. The smallest absolute Gasteiger partial charge is 0.272 e. The molecule has 0 bridgehead atoms. The molecular formula is C34H38N6O3S. The lowest BCUT2D eigenvalue weighted by atomic mass is 9.94. The van der Waals surface area contributed by atoms with Crippen LogP contribution in [0.2, 0.25) is 0 Å². The Morgan fingerprint density at radius 3 is 2.52 bits per heavy atom. The minimum atomic E-state index is -0.636. The second kappa shape index (κ2) is 12.3. The number of rotatable bonds is 5. The van der Waals surface area contributed by atoms with Crippen molar-refractivity contribution in [1.82, 2.24) is 24.7 Å². The van der Waals surface area contributed by atoms with Crippen LogP contribution < -0.4 is 5.32 Å². The number of fused-ring (bicyclic) bond motifs is 2. The van der Waals surface area contributed by atoms with Gasteiger partial charge in [0.2, 0.25) is 5.91 Å². The largest absolute Gasteiger partial charge is 0.390 e. The number of anilines is 1. The Morgan fingerprint density at radius 2 is 1.73 bits per heavy atom. The van der Waals surface area contributed by atoms with E-state index in [1.165, 1.54) is 11.1 Å². The minimum absolute atomic E-state index is 0.0163. The highest BCUT2D eigenvalue weighted by molar-refractivity contribution is 7.17. The number of aliphatic hydroxyl groups excluding tert-OH is 1. The summed E-state index contributed by atoms with van der Waals surface area (Å²) in [5, 5.41) is 17.9. The molecule has 0 aliphatic carbocycles. The lowest BCUT2D eigenvalue weighted by Gasteiger charge is -2.43. The van der Waals surface area contributed by atoms with Gasteiger partial charge in [0.15, 0.2) is 5.82 Å². The van der Waals surface area contributed by atoms with Crippen molar-refractivity contribution in [1.29, 1.82) is 0 Å². The quantitative estimate of drug-likeness (QED) is 0.345. The summed E-state index contributed by atoms with van der Waals surface area (Å²) in [6.07, 6.45) is 2.67. The number of benzene rings is 2. The minimum Gasteiger partial charge on any atom is -0.390 e. The van der Waals surface area contributed by atoms with Gasteiger partial charge in [0.1, 0.15) is 11.5 Å². The zero-order valence-corrected chi connectivity index (χ0v) is 25.8. The van der Waals surface area contributed by atoms with Crippen molar-refractivity contribution in [2.45, 2.75) is 57.3 Å². The van der Waals surface area contributed by atoms with Gasteiger partial charge in [-0.25, -0.2) is 9.97 Å². The lowest BCUT2D eigenvalue weighted by molar-refractivity contribution is -0.129. The number of amides is 2. The van der Waals surface area contributed by atoms with E-state index in [-0.39, 0.29) is 30.4 Å². The molecule has 44 heavy (non-hydrogen) atoms. The average molecular weight is 611 g/mol. The molecule has 0 saturated carbocycles. The fourth-order valence-electron chi connectivity index (χ4n) is 6.98. The van der Waals surface area contributed by atoms with Crippen molar-refractivity contribution < 1.29 is 14.7 Å². The van der Waals surface area contributed by atoms with Gasteiger partial charge in [0, 0.05) is 80.0 Å². The highest BCUT2D eigenvalue weighted by Gasteiger charge is 2.36. The highest BCUT2D eigenvalue weighted by Crippen LogP contribution is 2.32. The van der Waals surface area contributed by atoms with E-state index in [0.29, 0.717) is 43.4 Å². The van der Waals surface area contributed by atoms with E-state index < -0.39 is 6.10 Å². The number of thiophene rings is 1. The first kappa shape index (κ1) is 28.9. The lowest BCUT2D eigenvalue weighted by Crippen LogP contribution is -2.56. The van der Waals surface area contributed by atoms with Crippen LogP contribution in [0.3, 0.4) is 0 Å². The Kier molecular flexibility index (Phi) is 8.05. The molecule has 2 fully saturated rings. The molecule has 228 valence electrons. The van der Waals surface area contributed by atoms with Crippen LogP contribution in [0.5, 0.6) is 0 Å². The maximum absolute atomic E-state index is 14.0. The maximum Gasteiger partial charge on any atom is 0.272 e. The molecule has 0 unspecified atom stereocenters. The first-order valence-electron chi connectivity index (χ1n) is 15.6. The SMILES string of the molecule is CC(=O)N1CCC(Nc2cc(C(=O)N3CC[C@@H](N4CCc5ccccc5C4)[C@H](O)C3)nc(-c3cccc4sccc34)n2)CC1. The van der Waals surface area contributed by atoms with E-state index in [1.807, 2.05) is 17.0 Å². The number of carbonyl (C=O) groups excluding carboxylic acids is 2. The third-order valence-corrected chi connectivity index (χ3v) is 10.3. The van der Waals surface area contributed by atoms with Crippen molar-refractivity contribution in [3.8, 4) is 11.4 Å². The topological polar surface area (TPSA) is 102 Å². The van der Waals surface area contributed by atoms with E-state index in [2.05, 4.69) is 52.0 Å². The number of aliphatic hydroxyl groups is 1. The van der Waals surface area contributed by atoms with Crippen molar-refractivity contribution in [3.05, 3.63) is 76.8 Å². The van der Waals surface area contributed by atoms with Crippen LogP contribution in [0.15, 0.2) is 60.0 Å². The molecule has 2 N–H and O–H groups in total. The molecule has 0 spiro atoms. The Bertz CT molecular complexity index is 1680. The zero-order valence-electron chi connectivity index (χ0n) is 25.0. The first-order chi connectivity index (χ1) is 21.4.